The van der Waals surface area contributed by atoms with Gasteiger partial charge in [0.15, 0.2) is 5.95 Å². The van der Waals surface area contributed by atoms with Crippen LogP contribution in [0.1, 0.15) is 12.0 Å². The summed E-state index contributed by atoms with van der Waals surface area (Å²) in [6.07, 6.45) is -2.65. The Balaban J connectivity index is 2.82. The summed E-state index contributed by atoms with van der Waals surface area (Å²) in [4.78, 5) is 6.42. The molecule has 0 bridgehead atoms. The number of imidazole rings is 1. The van der Waals surface area contributed by atoms with Gasteiger partial charge in [0.2, 0.25) is 0 Å². The number of rotatable bonds is 1. The van der Waals surface area contributed by atoms with Crippen molar-refractivity contribution in [3.05, 3.63) is 17.7 Å². The van der Waals surface area contributed by atoms with E-state index in [1.165, 1.54) is 6.07 Å². The van der Waals surface area contributed by atoms with Crippen LogP contribution >= 0.6 is 0 Å². The molecule has 14 heavy (non-hydrogen) atoms. The van der Waals surface area contributed by atoms with Crippen LogP contribution in [0.25, 0.3) is 11.0 Å². The van der Waals surface area contributed by atoms with Crippen LogP contribution in [0.15, 0.2) is 12.1 Å². The van der Waals surface area contributed by atoms with Gasteiger partial charge in [-0.05, 0) is 12.1 Å². The van der Waals surface area contributed by atoms with E-state index in [-0.39, 0.29) is 22.7 Å². The van der Waals surface area contributed by atoms with E-state index in [2.05, 4.69) is 9.97 Å². The fourth-order valence-electron chi connectivity index (χ4n) is 1.36. The highest BCUT2D eigenvalue weighted by Crippen LogP contribution is 2.31. The Morgan fingerprint density at radius 3 is 2.64 bits per heavy atom. The Labute approximate surface area is 77.9 Å². The Morgan fingerprint density at radius 1 is 1.29 bits per heavy atom. The second kappa shape index (κ2) is 2.83. The van der Waals surface area contributed by atoms with Crippen LogP contribution in [0.2, 0.25) is 0 Å². The average Bonchev–Trinajstić information content (AvgIpc) is 2.43. The van der Waals surface area contributed by atoms with Gasteiger partial charge in [0.25, 0.3) is 6.43 Å². The topological polar surface area (TPSA) is 80.7 Å². The molecule has 74 valence electrons. The Morgan fingerprint density at radius 2 is 2.00 bits per heavy atom. The van der Waals surface area contributed by atoms with Crippen molar-refractivity contribution in [3.63, 3.8) is 0 Å². The van der Waals surface area contributed by atoms with Crippen molar-refractivity contribution in [2.75, 3.05) is 11.5 Å². The standard InChI is InChI=1S/C8H8F2N4/c9-7(10)5-3(11)1-2-4-6(5)14-8(12)13-4/h1-2,7H,11H2,(H3,12,13,14). The summed E-state index contributed by atoms with van der Waals surface area (Å²) in [6, 6.07) is 2.97. The van der Waals surface area contributed by atoms with Crippen LogP contribution in [0.4, 0.5) is 20.4 Å². The zero-order valence-corrected chi connectivity index (χ0v) is 7.09. The van der Waals surface area contributed by atoms with Gasteiger partial charge in [-0.15, -0.1) is 0 Å². The molecule has 5 N–H and O–H groups in total. The monoisotopic (exact) mass is 198 g/mol. The van der Waals surface area contributed by atoms with Gasteiger partial charge in [-0.1, -0.05) is 0 Å². The number of benzene rings is 1. The molecule has 0 spiro atoms. The van der Waals surface area contributed by atoms with Crippen LogP contribution in [0.5, 0.6) is 0 Å². The summed E-state index contributed by atoms with van der Waals surface area (Å²) < 4.78 is 25.2. The van der Waals surface area contributed by atoms with Crippen molar-refractivity contribution >= 4 is 22.7 Å². The molecule has 2 aromatic rings. The predicted octanol–water partition coefficient (Wildman–Crippen LogP) is 1.66. The van der Waals surface area contributed by atoms with Crippen molar-refractivity contribution in [2.45, 2.75) is 6.43 Å². The first-order valence-corrected chi connectivity index (χ1v) is 3.91. The molecule has 6 heteroatoms. The number of nitrogens with zero attached hydrogens (tertiary/aromatic N) is 1. The first-order chi connectivity index (χ1) is 6.59. The van der Waals surface area contributed by atoms with E-state index >= 15 is 0 Å². The summed E-state index contributed by atoms with van der Waals surface area (Å²) in [5.41, 5.74) is 11.1. The molecule has 2 rings (SSSR count). The molecule has 0 saturated heterocycles. The number of nitrogens with one attached hydrogen (secondary N) is 1. The molecule has 0 radical (unpaired) electrons. The molecule has 0 atom stereocenters. The third kappa shape index (κ3) is 1.15. The normalized spacial score (nSPS) is 11.4. The van der Waals surface area contributed by atoms with E-state index in [9.17, 15) is 8.78 Å². The van der Waals surface area contributed by atoms with Gasteiger partial charge >= 0.3 is 0 Å². The highest BCUT2D eigenvalue weighted by atomic mass is 19.3. The predicted molar refractivity (Wildman–Crippen MR) is 49.9 cm³/mol. The summed E-state index contributed by atoms with van der Waals surface area (Å²) in [5, 5.41) is 0. The van der Waals surface area contributed by atoms with Crippen molar-refractivity contribution < 1.29 is 8.78 Å². The molecule has 0 aliphatic carbocycles. The van der Waals surface area contributed by atoms with Gasteiger partial charge < -0.3 is 16.5 Å². The van der Waals surface area contributed by atoms with Crippen LogP contribution in [0, 0.1) is 0 Å². The number of nitrogen functional groups attached to an aromatic ring is 2. The van der Waals surface area contributed by atoms with E-state index in [1.807, 2.05) is 0 Å². The van der Waals surface area contributed by atoms with Gasteiger partial charge in [0.1, 0.15) is 5.52 Å². The quantitative estimate of drug-likeness (QED) is 0.609. The fraction of sp³-hybridized carbons (Fsp3) is 0.125. The molecular weight excluding hydrogens is 190 g/mol. The summed E-state index contributed by atoms with van der Waals surface area (Å²) in [5.74, 6) is 0.104. The van der Waals surface area contributed by atoms with E-state index in [1.54, 1.807) is 6.07 Å². The maximum Gasteiger partial charge on any atom is 0.267 e. The molecule has 0 unspecified atom stereocenters. The number of halogens is 2. The number of H-pyrrole nitrogens is 1. The minimum Gasteiger partial charge on any atom is -0.398 e. The van der Waals surface area contributed by atoms with E-state index in [0.717, 1.165) is 0 Å². The first kappa shape index (κ1) is 8.74. The van der Waals surface area contributed by atoms with Gasteiger partial charge in [0, 0.05) is 5.69 Å². The number of alkyl halides is 2. The number of anilines is 2. The molecule has 1 heterocycles. The van der Waals surface area contributed by atoms with Gasteiger partial charge in [-0.2, -0.15) is 0 Å². The van der Waals surface area contributed by atoms with Gasteiger partial charge in [-0.3, -0.25) is 0 Å². The number of hydrogen-bond donors (Lipinski definition) is 3. The van der Waals surface area contributed by atoms with Crippen LogP contribution < -0.4 is 11.5 Å². The van der Waals surface area contributed by atoms with E-state index < -0.39 is 6.43 Å². The minimum absolute atomic E-state index is 0.0269. The summed E-state index contributed by atoms with van der Waals surface area (Å²) >= 11 is 0. The van der Waals surface area contributed by atoms with Gasteiger partial charge in [-0.25, -0.2) is 13.8 Å². The second-order valence-corrected chi connectivity index (χ2v) is 2.89. The molecule has 0 fully saturated rings. The maximum atomic E-state index is 12.6. The third-order valence-electron chi connectivity index (χ3n) is 1.96. The smallest absolute Gasteiger partial charge is 0.267 e. The number of aromatic nitrogens is 2. The zero-order valence-electron chi connectivity index (χ0n) is 7.09. The lowest BCUT2D eigenvalue weighted by molar-refractivity contribution is 0.154. The molecule has 0 aliphatic heterocycles. The molecule has 0 aliphatic rings. The molecule has 0 saturated carbocycles. The van der Waals surface area contributed by atoms with Gasteiger partial charge in [0.05, 0.1) is 11.1 Å². The summed E-state index contributed by atoms with van der Waals surface area (Å²) in [6.45, 7) is 0. The van der Waals surface area contributed by atoms with Crippen LogP contribution in [-0.2, 0) is 0 Å². The van der Waals surface area contributed by atoms with Crippen LogP contribution in [0.3, 0.4) is 0 Å². The van der Waals surface area contributed by atoms with Crippen molar-refractivity contribution in [1.82, 2.24) is 9.97 Å². The molecule has 1 aromatic carbocycles. The lowest BCUT2D eigenvalue weighted by atomic mass is 10.1. The Bertz CT molecular complexity index is 477. The number of aromatic amines is 1. The van der Waals surface area contributed by atoms with E-state index in [0.29, 0.717) is 5.52 Å². The minimum atomic E-state index is -2.65. The number of hydrogen-bond acceptors (Lipinski definition) is 3. The zero-order chi connectivity index (χ0) is 10.3. The Kier molecular flexibility index (Phi) is 1.77. The highest BCUT2D eigenvalue weighted by Gasteiger charge is 2.17. The average molecular weight is 198 g/mol. The summed E-state index contributed by atoms with van der Waals surface area (Å²) in [7, 11) is 0. The third-order valence-corrected chi connectivity index (χ3v) is 1.96. The first-order valence-electron chi connectivity index (χ1n) is 3.91. The Hall–Kier alpha value is -1.85. The van der Waals surface area contributed by atoms with E-state index in [4.69, 9.17) is 11.5 Å². The van der Waals surface area contributed by atoms with Crippen molar-refractivity contribution in [2.24, 2.45) is 0 Å². The SMILES string of the molecule is Nc1nc2c(C(F)F)c(N)ccc2[nH]1. The largest absolute Gasteiger partial charge is 0.398 e. The van der Waals surface area contributed by atoms with Crippen molar-refractivity contribution in [1.29, 1.82) is 0 Å². The van der Waals surface area contributed by atoms with Crippen molar-refractivity contribution in [3.8, 4) is 0 Å². The highest BCUT2D eigenvalue weighted by molar-refractivity contribution is 5.85. The molecule has 4 nitrogen and oxygen atoms in total. The maximum absolute atomic E-state index is 12.6. The number of nitrogens with two attached hydrogens (primary N) is 2. The molecule has 0 amide bonds. The molecular formula is C8H8F2N4. The van der Waals surface area contributed by atoms with Crippen LogP contribution in [-0.4, -0.2) is 9.97 Å². The second-order valence-electron chi connectivity index (χ2n) is 2.89. The number of fused-ring (bicyclic) bond motifs is 1. The lowest BCUT2D eigenvalue weighted by Crippen LogP contribution is -1.95. The lowest BCUT2D eigenvalue weighted by Gasteiger charge is -2.03. The molecule has 1 aromatic heterocycles. The fourth-order valence-corrected chi connectivity index (χ4v) is 1.36.